The lowest BCUT2D eigenvalue weighted by atomic mass is 10.3. The van der Waals surface area contributed by atoms with Gasteiger partial charge in [-0.15, -0.1) is 0 Å². The van der Waals surface area contributed by atoms with E-state index >= 15 is 0 Å². The van der Waals surface area contributed by atoms with Gasteiger partial charge in [0.15, 0.2) is 9.84 Å². The number of sulfone groups is 1. The van der Waals surface area contributed by atoms with Crippen LogP contribution in [0.2, 0.25) is 0 Å². The fourth-order valence-corrected chi connectivity index (χ4v) is 2.58. The van der Waals surface area contributed by atoms with E-state index in [9.17, 15) is 8.42 Å². The van der Waals surface area contributed by atoms with E-state index < -0.39 is 15.9 Å². The molecule has 0 saturated carbocycles. The van der Waals surface area contributed by atoms with Gasteiger partial charge in [-0.2, -0.15) is 0 Å². The van der Waals surface area contributed by atoms with Crippen LogP contribution in [-0.4, -0.2) is 32.5 Å². The molecule has 1 unspecified atom stereocenters. The van der Waals surface area contributed by atoms with Crippen molar-refractivity contribution in [1.29, 1.82) is 0 Å². The van der Waals surface area contributed by atoms with Crippen molar-refractivity contribution in [3.8, 4) is 5.75 Å². The Kier molecular flexibility index (Phi) is 3.71. The molecule has 1 N–H and O–H groups in total. The second-order valence-electron chi connectivity index (χ2n) is 3.31. The molecule has 0 radical (unpaired) electrons. The molecule has 0 aliphatic heterocycles. The molecule has 4 nitrogen and oxygen atoms in total. The molecule has 5 heteroatoms. The minimum Gasteiger partial charge on any atom is -0.497 e. The summed E-state index contributed by atoms with van der Waals surface area (Å²) < 4.78 is 28.2. The summed E-state index contributed by atoms with van der Waals surface area (Å²) in [7, 11) is -1.88. The number of aliphatic hydroxyl groups excluding tert-OH is 1. The predicted molar refractivity (Wildman–Crippen MR) is 56.7 cm³/mol. The highest BCUT2D eigenvalue weighted by atomic mass is 32.2. The molecule has 1 aromatic rings. The maximum absolute atomic E-state index is 11.6. The minimum atomic E-state index is -3.39. The molecule has 84 valence electrons. The lowest BCUT2D eigenvalue weighted by Crippen LogP contribution is -2.17. The lowest BCUT2D eigenvalue weighted by molar-refractivity contribution is 0.218. The molecule has 0 aromatic heterocycles. The molecule has 0 aliphatic carbocycles. The molecule has 0 fully saturated rings. The summed E-state index contributed by atoms with van der Waals surface area (Å²) in [5.74, 6) is 0.338. The standard InChI is InChI=1S/C10H14O4S/c1-8(11)7-15(12,13)10-5-3-9(14-2)4-6-10/h3-6,8,11H,7H2,1-2H3. The molecule has 0 aliphatic rings. The zero-order valence-corrected chi connectivity index (χ0v) is 9.49. The van der Waals surface area contributed by atoms with E-state index in [1.807, 2.05) is 0 Å². The number of benzene rings is 1. The molecule has 0 saturated heterocycles. The van der Waals surface area contributed by atoms with Crippen LogP contribution in [0, 0.1) is 0 Å². The van der Waals surface area contributed by atoms with Gasteiger partial charge in [-0.1, -0.05) is 0 Å². The van der Waals surface area contributed by atoms with Crippen LogP contribution >= 0.6 is 0 Å². The van der Waals surface area contributed by atoms with Gasteiger partial charge in [0.25, 0.3) is 0 Å². The Hall–Kier alpha value is -1.07. The van der Waals surface area contributed by atoms with Crippen molar-refractivity contribution < 1.29 is 18.3 Å². The van der Waals surface area contributed by atoms with Crippen molar-refractivity contribution in [3.63, 3.8) is 0 Å². The average Bonchev–Trinajstić information content (AvgIpc) is 2.16. The van der Waals surface area contributed by atoms with Crippen LogP contribution in [0.5, 0.6) is 5.75 Å². The van der Waals surface area contributed by atoms with E-state index in [2.05, 4.69) is 0 Å². The SMILES string of the molecule is COc1ccc(S(=O)(=O)CC(C)O)cc1. The van der Waals surface area contributed by atoms with Gasteiger partial charge in [0.05, 0.1) is 23.9 Å². The first-order valence-electron chi connectivity index (χ1n) is 4.50. The van der Waals surface area contributed by atoms with Crippen molar-refractivity contribution in [2.45, 2.75) is 17.9 Å². The topological polar surface area (TPSA) is 63.6 Å². The third-order valence-corrected chi connectivity index (χ3v) is 3.79. The van der Waals surface area contributed by atoms with Gasteiger partial charge in [-0.05, 0) is 31.2 Å². The number of hydrogen-bond acceptors (Lipinski definition) is 4. The Balaban J connectivity index is 2.96. The average molecular weight is 230 g/mol. The first kappa shape index (κ1) is 12.0. The Morgan fingerprint density at radius 1 is 1.33 bits per heavy atom. The molecule has 0 bridgehead atoms. The summed E-state index contributed by atoms with van der Waals surface area (Å²) in [5.41, 5.74) is 0. The summed E-state index contributed by atoms with van der Waals surface area (Å²) in [6.45, 7) is 1.45. The van der Waals surface area contributed by atoms with E-state index in [0.717, 1.165) is 0 Å². The van der Waals surface area contributed by atoms with Crippen LogP contribution in [0.1, 0.15) is 6.92 Å². The van der Waals surface area contributed by atoms with Crippen molar-refractivity contribution in [1.82, 2.24) is 0 Å². The van der Waals surface area contributed by atoms with Gasteiger partial charge in [0, 0.05) is 0 Å². The second-order valence-corrected chi connectivity index (χ2v) is 5.34. The number of rotatable bonds is 4. The van der Waals surface area contributed by atoms with E-state index in [1.54, 1.807) is 12.1 Å². The van der Waals surface area contributed by atoms with Gasteiger partial charge in [0.2, 0.25) is 0 Å². The van der Waals surface area contributed by atoms with Crippen molar-refractivity contribution in [3.05, 3.63) is 24.3 Å². The van der Waals surface area contributed by atoms with Crippen LogP contribution in [0.4, 0.5) is 0 Å². The predicted octanol–water partition coefficient (Wildman–Crippen LogP) is 0.850. The van der Waals surface area contributed by atoms with Gasteiger partial charge in [0.1, 0.15) is 5.75 Å². The molecule has 0 spiro atoms. The number of aliphatic hydroxyl groups is 1. The summed E-state index contributed by atoms with van der Waals surface area (Å²) in [4.78, 5) is 0.198. The third kappa shape index (κ3) is 3.21. The number of hydrogen-bond donors (Lipinski definition) is 1. The quantitative estimate of drug-likeness (QED) is 0.833. The van der Waals surface area contributed by atoms with Gasteiger partial charge in [-0.25, -0.2) is 8.42 Å². The third-order valence-electron chi connectivity index (χ3n) is 1.88. The first-order valence-corrected chi connectivity index (χ1v) is 6.16. The van der Waals surface area contributed by atoms with Crippen LogP contribution in [0.3, 0.4) is 0 Å². The second kappa shape index (κ2) is 4.63. The molecule has 0 heterocycles. The fraction of sp³-hybridized carbons (Fsp3) is 0.400. The molecular weight excluding hydrogens is 216 g/mol. The summed E-state index contributed by atoms with van der Waals surface area (Å²) in [6.07, 6.45) is -0.864. The van der Waals surface area contributed by atoms with Gasteiger partial charge < -0.3 is 9.84 Å². The summed E-state index contributed by atoms with van der Waals surface area (Å²) in [5, 5.41) is 9.05. The summed E-state index contributed by atoms with van der Waals surface area (Å²) in [6, 6.07) is 6.09. The fourth-order valence-electron chi connectivity index (χ4n) is 1.20. The van der Waals surface area contributed by atoms with Crippen LogP contribution in [0.25, 0.3) is 0 Å². The Morgan fingerprint density at radius 3 is 2.27 bits per heavy atom. The van der Waals surface area contributed by atoms with E-state index in [4.69, 9.17) is 9.84 Å². The molecule has 15 heavy (non-hydrogen) atoms. The summed E-state index contributed by atoms with van der Waals surface area (Å²) >= 11 is 0. The first-order chi connectivity index (χ1) is 6.95. The number of ether oxygens (including phenoxy) is 1. The van der Waals surface area contributed by atoms with E-state index in [1.165, 1.54) is 26.2 Å². The largest absolute Gasteiger partial charge is 0.497 e. The molecule has 0 amide bonds. The van der Waals surface area contributed by atoms with Crippen LogP contribution < -0.4 is 4.74 Å². The number of methoxy groups -OCH3 is 1. The van der Waals surface area contributed by atoms with Crippen molar-refractivity contribution in [2.24, 2.45) is 0 Å². The maximum atomic E-state index is 11.6. The van der Waals surface area contributed by atoms with E-state index in [-0.39, 0.29) is 10.6 Å². The van der Waals surface area contributed by atoms with Gasteiger partial charge >= 0.3 is 0 Å². The Labute approximate surface area is 89.4 Å². The van der Waals surface area contributed by atoms with Gasteiger partial charge in [-0.3, -0.25) is 0 Å². The minimum absolute atomic E-state index is 0.198. The normalized spacial score (nSPS) is 13.5. The van der Waals surface area contributed by atoms with Crippen molar-refractivity contribution >= 4 is 9.84 Å². The highest BCUT2D eigenvalue weighted by Crippen LogP contribution is 2.17. The zero-order valence-electron chi connectivity index (χ0n) is 8.67. The van der Waals surface area contributed by atoms with Crippen molar-refractivity contribution in [2.75, 3.05) is 12.9 Å². The Bertz CT molecular complexity index is 406. The highest BCUT2D eigenvalue weighted by Gasteiger charge is 2.16. The lowest BCUT2D eigenvalue weighted by Gasteiger charge is -2.07. The monoisotopic (exact) mass is 230 g/mol. The Morgan fingerprint density at radius 2 is 1.87 bits per heavy atom. The zero-order chi connectivity index (χ0) is 11.5. The molecule has 1 atom stereocenters. The smallest absolute Gasteiger partial charge is 0.180 e. The van der Waals surface area contributed by atoms with E-state index in [0.29, 0.717) is 5.75 Å². The van der Waals surface area contributed by atoms with Crippen LogP contribution in [0.15, 0.2) is 29.2 Å². The molecule has 1 aromatic carbocycles. The van der Waals surface area contributed by atoms with Crippen LogP contribution in [-0.2, 0) is 9.84 Å². The highest BCUT2D eigenvalue weighted by molar-refractivity contribution is 7.91. The molecular formula is C10H14O4S. The molecule has 1 rings (SSSR count). The maximum Gasteiger partial charge on any atom is 0.180 e.